The summed E-state index contributed by atoms with van der Waals surface area (Å²) in [6.45, 7) is 0.605. The van der Waals surface area contributed by atoms with Gasteiger partial charge in [-0.15, -0.1) is 0 Å². The Hall–Kier alpha value is -2.71. The molecule has 26 heavy (non-hydrogen) atoms. The number of sulfonamides is 1. The third kappa shape index (κ3) is 2.87. The van der Waals surface area contributed by atoms with Crippen molar-refractivity contribution in [2.75, 3.05) is 20.2 Å². The Morgan fingerprint density at radius 1 is 1.08 bits per heavy atom. The van der Waals surface area contributed by atoms with Crippen molar-refractivity contribution in [2.45, 2.75) is 10.8 Å². The van der Waals surface area contributed by atoms with Crippen molar-refractivity contribution in [3.05, 3.63) is 60.5 Å². The lowest BCUT2D eigenvalue weighted by atomic mass is 10.0. The molecule has 0 aliphatic carbocycles. The molecule has 1 fully saturated rings. The van der Waals surface area contributed by atoms with Crippen LogP contribution in [-0.4, -0.2) is 43.1 Å². The summed E-state index contributed by atoms with van der Waals surface area (Å²) in [4.78, 5) is 4.56. The van der Waals surface area contributed by atoms with E-state index >= 15 is 0 Å². The van der Waals surface area contributed by atoms with E-state index in [0.29, 0.717) is 30.6 Å². The number of hydrogen-bond donors (Lipinski definition) is 0. The molecular weight excluding hydrogens is 354 g/mol. The number of ether oxygens (including phenoxy) is 1. The summed E-state index contributed by atoms with van der Waals surface area (Å²) in [5, 5.41) is 3.99. The van der Waals surface area contributed by atoms with Crippen molar-refractivity contribution < 1.29 is 17.7 Å². The summed E-state index contributed by atoms with van der Waals surface area (Å²) in [6.07, 6.45) is 0. The second-order valence-electron chi connectivity index (χ2n) is 5.99. The number of methoxy groups -OCH3 is 1. The molecule has 4 rings (SSSR count). The number of nitrogens with zero attached hydrogens (tertiary/aromatic N) is 3. The molecule has 2 heterocycles. The minimum Gasteiger partial charge on any atom is -0.495 e. The number of rotatable bonds is 5. The molecule has 0 spiro atoms. The van der Waals surface area contributed by atoms with Crippen LogP contribution in [0.1, 0.15) is 11.8 Å². The smallest absolute Gasteiger partial charge is 0.246 e. The van der Waals surface area contributed by atoms with Crippen LogP contribution in [0.15, 0.2) is 64.0 Å². The Morgan fingerprint density at radius 3 is 2.50 bits per heavy atom. The normalized spacial score (nSPS) is 15.6. The average molecular weight is 371 g/mol. The number of para-hydroxylation sites is 1. The third-order valence-electron chi connectivity index (χ3n) is 4.36. The number of aromatic nitrogens is 2. The molecule has 0 unspecified atom stereocenters. The maximum atomic E-state index is 12.8. The van der Waals surface area contributed by atoms with Gasteiger partial charge in [0.1, 0.15) is 10.6 Å². The zero-order valence-corrected chi connectivity index (χ0v) is 14.9. The summed E-state index contributed by atoms with van der Waals surface area (Å²) in [7, 11) is -2.16. The first-order valence-electron chi connectivity index (χ1n) is 8.12. The summed E-state index contributed by atoms with van der Waals surface area (Å²) >= 11 is 0. The van der Waals surface area contributed by atoms with Gasteiger partial charge in [0.05, 0.1) is 13.0 Å². The van der Waals surface area contributed by atoms with Gasteiger partial charge in [-0.3, -0.25) is 0 Å². The summed E-state index contributed by atoms with van der Waals surface area (Å²) in [6, 6.07) is 16.1. The molecule has 2 aromatic carbocycles. The number of benzene rings is 2. The Balaban J connectivity index is 1.50. The molecule has 134 valence electrons. The zero-order valence-electron chi connectivity index (χ0n) is 14.1. The van der Waals surface area contributed by atoms with Crippen molar-refractivity contribution in [1.82, 2.24) is 14.4 Å². The molecule has 1 aromatic heterocycles. The van der Waals surface area contributed by atoms with Crippen molar-refractivity contribution >= 4 is 10.0 Å². The quantitative estimate of drug-likeness (QED) is 0.685. The molecule has 0 saturated carbocycles. The first-order valence-corrected chi connectivity index (χ1v) is 9.56. The molecule has 3 aromatic rings. The van der Waals surface area contributed by atoms with Crippen LogP contribution in [0, 0.1) is 0 Å². The standard InChI is InChI=1S/C18H17N3O4S/c1-24-15-9-5-6-10-16(15)26(22,23)21-11-14(12-21)18-19-17(20-25-18)13-7-3-2-4-8-13/h2-10,14H,11-12H2,1H3. The van der Waals surface area contributed by atoms with E-state index in [9.17, 15) is 8.42 Å². The van der Waals surface area contributed by atoms with Gasteiger partial charge in [0.15, 0.2) is 0 Å². The van der Waals surface area contributed by atoms with Crippen molar-refractivity contribution in [1.29, 1.82) is 0 Å². The van der Waals surface area contributed by atoms with Crippen molar-refractivity contribution in [3.63, 3.8) is 0 Å². The summed E-state index contributed by atoms with van der Waals surface area (Å²) in [5.74, 6) is 1.19. The Morgan fingerprint density at radius 2 is 1.77 bits per heavy atom. The van der Waals surface area contributed by atoms with E-state index in [2.05, 4.69) is 10.1 Å². The van der Waals surface area contributed by atoms with Gasteiger partial charge in [-0.2, -0.15) is 9.29 Å². The fraction of sp³-hybridized carbons (Fsp3) is 0.222. The van der Waals surface area contributed by atoms with E-state index in [4.69, 9.17) is 9.26 Å². The molecule has 0 N–H and O–H groups in total. The molecule has 1 aliphatic heterocycles. The van der Waals surface area contributed by atoms with Crippen LogP contribution in [-0.2, 0) is 10.0 Å². The monoisotopic (exact) mass is 371 g/mol. The van der Waals surface area contributed by atoms with Gasteiger partial charge < -0.3 is 9.26 Å². The molecule has 1 saturated heterocycles. The summed E-state index contributed by atoms with van der Waals surface area (Å²) < 4.78 is 37.4. The second-order valence-corrected chi connectivity index (χ2v) is 7.90. The maximum absolute atomic E-state index is 12.8. The highest BCUT2D eigenvalue weighted by Gasteiger charge is 2.41. The summed E-state index contributed by atoms with van der Waals surface area (Å²) in [5.41, 5.74) is 0.861. The lowest BCUT2D eigenvalue weighted by Gasteiger charge is -2.36. The molecule has 8 heteroatoms. The van der Waals surface area contributed by atoms with E-state index < -0.39 is 10.0 Å². The molecule has 1 aliphatic rings. The lowest BCUT2D eigenvalue weighted by Crippen LogP contribution is -2.48. The minimum atomic E-state index is -3.61. The van der Waals surface area contributed by atoms with Crippen LogP contribution < -0.4 is 4.74 Å². The second kappa shape index (κ2) is 6.54. The van der Waals surface area contributed by atoms with Gasteiger partial charge >= 0.3 is 0 Å². The average Bonchev–Trinajstić information content (AvgIpc) is 3.10. The lowest BCUT2D eigenvalue weighted by molar-refractivity contribution is 0.216. The van der Waals surface area contributed by atoms with Gasteiger partial charge in [0.25, 0.3) is 0 Å². The maximum Gasteiger partial charge on any atom is 0.246 e. The van der Waals surface area contributed by atoms with Crippen molar-refractivity contribution in [3.8, 4) is 17.1 Å². The van der Waals surface area contributed by atoms with Crippen molar-refractivity contribution in [2.24, 2.45) is 0 Å². The Labute approximate surface area is 151 Å². The molecule has 0 atom stereocenters. The fourth-order valence-electron chi connectivity index (χ4n) is 2.87. The minimum absolute atomic E-state index is 0.107. The highest BCUT2D eigenvalue weighted by atomic mass is 32.2. The first-order chi connectivity index (χ1) is 12.6. The van der Waals surface area contributed by atoms with Gasteiger partial charge in [-0.05, 0) is 12.1 Å². The fourth-order valence-corrected chi connectivity index (χ4v) is 4.55. The Bertz CT molecular complexity index is 1010. The first kappa shape index (κ1) is 16.7. The third-order valence-corrected chi connectivity index (χ3v) is 6.23. The Kier molecular flexibility index (Phi) is 4.21. The van der Waals surface area contributed by atoms with Gasteiger partial charge in [-0.1, -0.05) is 47.6 Å². The van der Waals surface area contributed by atoms with Crippen LogP contribution in [0.4, 0.5) is 0 Å². The largest absolute Gasteiger partial charge is 0.495 e. The van der Waals surface area contributed by atoms with E-state index in [1.54, 1.807) is 24.3 Å². The predicted octanol–water partition coefficient (Wildman–Crippen LogP) is 2.53. The van der Waals surface area contributed by atoms with E-state index in [1.165, 1.54) is 11.4 Å². The van der Waals surface area contributed by atoms with Crippen LogP contribution in [0.5, 0.6) is 5.75 Å². The number of hydrogen-bond acceptors (Lipinski definition) is 6. The molecule has 7 nitrogen and oxygen atoms in total. The molecular formula is C18H17N3O4S. The highest BCUT2D eigenvalue weighted by molar-refractivity contribution is 7.89. The molecule has 0 bridgehead atoms. The highest BCUT2D eigenvalue weighted by Crippen LogP contribution is 2.34. The predicted molar refractivity (Wildman–Crippen MR) is 94.2 cm³/mol. The van der Waals surface area contributed by atoms with Gasteiger partial charge in [-0.25, -0.2) is 8.42 Å². The van der Waals surface area contributed by atoms with Crippen LogP contribution in [0.2, 0.25) is 0 Å². The topological polar surface area (TPSA) is 85.5 Å². The molecule has 0 radical (unpaired) electrons. The van der Waals surface area contributed by atoms with Crippen LogP contribution in [0.3, 0.4) is 0 Å². The van der Waals surface area contributed by atoms with E-state index in [0.717, 1.165) is 5.56 Å². The van der Waals surface area contributed by atoms with Gasteiger partial charge in [0, 0.05) is 18.7 Å². The van der Waals surface area contributed by atoms with E-state index in [-0.39, 0.29) is 10.8 Å². The van der Waals surface area contributed by atoms with E-state index in [1.807, 2.05) is 30.3 Å². The molecule has 0 amide bonds. The van der Waals surface area contributed by atoms with Gasteiger partial charge in [0.2, 0.25) is 21.7 Å². The SMILES string of the molecule is COc1ccccc1S(=O)(=O)N1CC(c2nc(-c3ccccc3)no2)C1. The van der Waals surface area contributed by atoms with Crippen LogP contribution >= 0.6 is 0 Å². The van der Waals surface area contributed by atoms with Crippen LogP contribution in [0.25, 0.3) is 11.4 Å². The zero-order chi connectivity index (χ0) is 18.1.